The number of nitrogens with zero attached hydrogens (tertiary/aromatic N) is 1. The van der Waals surface area contributed by atoms with Crippen LogP contribution in [0.2, 0.25) is 5.02 Å². The van der Waals surface area contributed by atoms with E-state index in [9.17, 15) is 4.79 Å². The Morgan fingerprint density at radius 2 is 1.56 bits per heavy atom. The highest BCUT2D eigenvalue weighted by molar-refractivity contribution is 6.30. The third kappa shape index (κ3) is 4.20. The van der Waals surface area contributed by atoms with Gasteiger partial charge in [-0.3, -0.25) is 4.79 Å². The summed E-state index contributed by atoms with van der Waals surface area (Å²) >= 11 is 5.96. The van der Waals surface area contributed by atoms with Crippen molar-refractivity contribution in [3.63, 3.8) is 0 Å². The summed E-state index contributed by atoms with van der Waals surface area (Å²) in [6.07, 6.45) is 0. The summed E-state index contributed by atoms with van der Waals surface area (Å²) in [7, 11) is 1.62. The Balaban J connectivity index is 1.94. The minimum absolute atomic E-state index is 0.0549. The van der Waals surface area contributed by atoms with Crippen LogP contribution in [0.1, 0.15) is 15.9 Å². The third-order valence-electron chi connectivity index (χ3n) is 3.90. The Hall–Kier alpha value is -2.78. The summed E-state index contributed by atoms with van der Waals surface area (Å²) in [5, 5.41) is 0.675. The zero-order valence-corrected chi connectivity index (χ0v) is 14.6. The van der Waals surface area contributed by atoms with Gasteiger partial charge in [0.2, 0.25) is 0 Å². The number of benzene rings is 3. The second-order valence-corrected chi connectivity index (χ2v) is 6.02. The first-order valence-electron chi connectivity index (χ1n) is 7.93. The molecule has 0 heterocycles. The number of hydrogen-bond donors (Lipinski definition) is 0. The minimum atomic E-state index is -0.0549. The molecule has 0 radical (unpaired) electrons. The van der Waals surface area contributed by atoms with Crippen LogP contribution < -0.4 is 9.64 Å². The second kappa shape index (κ2) is 7.86. The standard InChI is InChI=1S/C21H18ClNO2/c1-25-20-13-11-19(12-14-20)23(15-16-7-9-18(22)10-8-16)21(24)17-5-3-2-4-6-17/h2-14H,15H2,1H3. The van der Waals surface area contributed by atoms with Gasteiger partial charge in [-0.1, -0.05) is 41.9 Å². The van der Waals surface area contributed by atoms with Gasteiger partial charge in [0.15, 0.2) is 0 Å². The van der Waals surface area contributed by atoms with Crippen LogP contribution in [-0.4, -0.2) is 13.0 Å². The molecule has 0 aliphatic carbocycles. The van der Waals surface area contributed by atoms with E-state index in [0.29, 0.717) is 17.1 Å². The minimum Gasteiger partial charge on any atom is -0.497 e. The molecule has 0 bridgehead atoms. The van der Waals surface area contributed by atoms with Crippen molar-refractivity contribution in [2.75, 3.05) is 12.0 Å². The molecule has 0 saturated heterocycles. The van der Waals surface area contributed by atoms with Gasteiger partial charge in [0, 0.05) is 16.3 Å². The number of amides is 1. The van der Waals surface area contributed by atoms with Crippen molar-refractivity contribution in [3.05, 3.63) is 95.0 Å². The van der Waals surface area contributed by atoms with Gasteiger partial charge < -0.3 is 9.64 Å². The van der Waals surface area contributed by atoms with E-state index in [1.165, 1.54) is 0 Å². The first-order chi connectivity index (χ1) is 12.2. The van der Waals surface area contributed by atoms with Crippen LogP contribution in [-0.2, 0) is 6.54 Å². The molecule has 0 aliphatic rings. The van der Waals surface area contributed by atoms with E-state index in [2.05, 4.69) is 0 Å². The maximum atomic E-state index is 13.0. The van der Waals surface area contributed by atoms with Crippen LogP contribution in [0.4, 0.5) is 5.69 Å². The first kappa shape index (κ1) is 17.1. The van der Waals surface area contributed by atoms with Crippen LogP contribution >= 0.6 is 11.6 Å². The molecule has 126 valence electrons. The van der Waals surface area contributed by atoms with Crippen molar-refractivity contribution in [3.8, 4) is 5.75 Å². The van der Waals surface area contributed by atoms with Crippen LogP contribution in [0.25, 0.3) is 0 Å². The molecular formula is C21H18ClNO2. The van der Waals surface area contributed by atoms with E-state index in [1.807, 2.05) is 78.9 Å². The van der Waals surface area contributed by atoms with Gasteiger partial charge in [0.05, 0.1) is 13.7 Å². The predicted molar refractivity (Wildman–Crippen MR) is 101 cm³/mol. The van der Waals surface area contributed by atoms with Crippen molar-refractivity contribution in [2.45, 2.75) is 6.54 Å². The highest BCUT2D eigenvalue weighted by Crippen LogP contribution is 2.23. The SMILES string of the molecule is COc1ccc(N(Cc2ccc(Cl)cc2)C(=O)c2ccccc2)cc1. The van der Waals surface area contributed by atoms with Crippen LogP contribution in [0.5, 0.6) is 5.75 Å². The van der Waals surface area contributed by atoms with Gasteiger partial charge in [0.1, 0.15) is 5.75 Å². The quantitative estimate of drug-likeness (QED) is 0.632. The Labute approximate surface area is 152 Å². The highest BCUT2D eigenvalue weighted by Gasteiger charge is 2.18. The molecule has 4 heteroatoms. The molecule has 0 atom stereocenters. The molecule has 0 aliphatic heterocycles. The topological polar surface area (TPSA) is 29.5 Å². The summed E-state index contributed by atoms with van der Waals surface area (Å²) in [6, 6.07) is 24.2. The van der Waals surface area contributed by atoms with Crippen molar-refractivity contribution < 1.29 is 9.53 Å². The Bertz CT molecular complexity index is 830. The monoisotopic (exact) mass is 351 g/mol. The van der Waals surface area contributed by atoms with Gasteiger partial charge in [-0.15, -0.1) is 0 Å². The third-order valence-corrected chi connectivity index (χ3v) is 4.16. The molecule has 3 rings (SSSR count). The Kier molecular flexibility index (Phi) is 5.36. The lowest BCUT2D eigenvalue weighted by Crippen LogP contribution is -2.30. The molecule has 3 aromatic rings. The van der Waals surface area contributed by atoms with Gasteiger partial charge in [-0.25, -0.2) is 0 Å². The van der Waals surface area contributed by atoms with Crippen molar-refractivity contribution in [2.24, 2.45) is 0 Å². The number of halogens is 1. The largest absolute Gasteiger partial charge is 0.497 e. The first-order valence-corrected chi connectivity index (χ1v) is 8.30. The normalized spacial score (nSPS) is 10.3. The Morgan fingerprint density at radius 3 is 2.16 bits per heavy atom. The van der Waals surface area contributed by atoms with E-state index >= 15 is 0 Å². The average Bonchev–Trinajstić information content (AvgIpc) is 2.68. The lowest BCUT2D eigenvalue weighted by Gasteiger charge is -2.23. The van der Waals surface area contributed by atoms with Gasteiger partial charge in [-0.05, 0) is 54.1 Å². The van der Waals surface area contributed by atoms with Gasteiger partial charge >= 0.3 is 0 Å². The smallest absolute Gasteiger partial charge is 0.258 e. The lowest BCUT2D eigenvalue weighted by atomic mass is 10.1. The molecule has 0 fully saturated rings. The second-order valence-electron chi connectivity index (χ2n) is 5.58. The number of rotatable bonds is 5. The van der Waals surface area contributed by atoms with E-state index in [1.54, 1.807) is 12.0 Å². The zero-order chi connectivity index (χ0) is 17.6. The summed E-state index contributed by atoms with van der Waals surface area (Å²) in [6.45, 7) is 0.456. The van der Waals surface area contributed by atoms with E-state index < -0.39 is 0 Å². The molecule has 3 aromatic carbocycles. The van der Waals surface area contributed by atoms with Gasteiger partial charge in [-0.2, -0.15) is 0 Å². The van der Waals surface area contributed by atoms with Gasteiger partial charge in [0.25, 0.3) is 5.91 Å². The fourth-order valence-corrected chi connectivity index (χ4v) is 2.68. The molecule has 1 amide bonds. The summed E-state index contributed by atoms with van der Waals surface area (Å²) in [4.78, 5) is 14.8. The number of methoxy groups -OCH3 is 1. The molecule has 0 saturated carbocycles. The fourth-order valence-electron chi connectivity index (χ4n) is 2.55. The summed E-state index contributed by atoms with van der Waals surface area (Å²) in [5.41, 5.74) is 2.46. The van der Waals surface area contributed by atoms with Crippen LogP contribution in [0, 0.1) is 0 Å². The highest BCUT2D eigenvalue weighted by atomic mass is 35.5. The number of carbonyl (C=O) groups is 1. The van der Waals surface area contributed by atoms with E-state index in [0.717, 1.165) is 17.0 Å². The summed E-state index contributed by atoms with van der Waals surface area (Å²) < 4.78 is 5.21. The molecule has 3 nitrogen and oxygen atoms in total. The summed E-state index contributed by atoms with van der Waals surface area (Å²) in [5.74, 6) is 0.697. The number of anilines is 1. The maximum absolute atomic E-state index is 13.0. The molecular weight excluding hydrogens is 334 g/mol. The number of carbonyl (C=O) groups excluding carboxylic acids is 1. The van der Waals surface area contributed by atoms with Crippen LogP contribution in [0.3, 0.4) is 0 Å². The van der Waals surface area contributed by atoms with Crippen LogP contribution in [0.15, 0.2) is 78.9 Å². The predicted octanol–water partition coefficient (Wildman–Crippen LogP) is 5.20. The Morgan fingerprint density at radius 1 is 0.920 bits per heavy atom. The van der Waals surface area contributed by atoms with Crippen molar-refractivity contribution >= 4 is 23.2 Å². The number of ether oxygens (including phenoxy) is 1. The van der Waals surface area contributed by atoms with E-state index in [-0.39, 0.29) is 5.91 Å². The molecule has 0 N–H and O–H groups in total. The average molecular weight is 352 g/mol. The molecule has 0 spiro atoms. The maximum Gasteiger partial charge on any atom is 0.258 e. The lowest BCUT2D eigenvalue weighted by molar-refractivity contribution is 0.0985. The fraction of sp³-hybridized carbons (Fsp3) is 0.0952. The molecule has 25 heavy (non-hydrogen) atoms. The number of hydrogen-bond acceptors (Lipinski definition) is 2. The van der Waals surface area contributed by atoms with E-state index in [4.69, 9.17) is 16.3 Å². The molecule has 0 unspecified atom stereocenters. The zero-order valence-electron chi connectivity index (χ0n) is 13.9. The molecule has 0 aromatic heterocycles. The van der Waals surface area contributed by atoms with Crippen molar-refractivity contribution in [1.29, 1.82) is 0 Å². The van der Waals surface area contributed by atoms with Crippen molar-refractivity contribution in [1.82, 2.24) is 0 Å².